The number of hydrogen-bond donors (Lipinski definition) is 1. The van der Waals surface area contributed by atoms with Crippen LogP contribution in [0.5, 0.6) is 5.06 Å². The van der Waals surface area contributed by atoms with Gasteiger partial charge in [-0.15, -0.1) is 0 Å². The molecule has 2 nitrogen and oxygen atoms in total. The predicted molar refractivity (Wildman–Crippen MR) is 22.6 cm³/mol. The summed E-state index contributed by atoms with van der Waals surface area (Å²) in [6.07, 6.45) is 1.35. The van der Waals surface area contributed by atoms with E-state index in [0.29, 0.717) is 0 Å². The van der Waals surface area contributed by atoms with Gasteiger partial charge in [0.05, 0.1) is 6.20 Å². The summed E-state index contributed by atoms with van der Waals surface area (Å²) >= 11 is 1.10. The minimum Gasteiger partial charge on any atom is -0.498 e. The highest BCUT2D eigenvalue weighted by Gasteiger charge is 1.80. The SMILES string of the molecule is Oc1cn[c]s1. The Labute approximate surface area is 39.1 Å². The molecule has 0 aliphatic rings. The molecule has 0 saturated carbocycles. The van der Waals surface area contributed by atoms with Crippen LogP contribution in [-0.2, 0) is 0 Å². The molecule has 0 amide bonds. The number of thiazole rings is 1. The minimum absolute atomic E-state index is 0.218. The maximum atomic E-state index is 8.40. The van der Waals surface area contributed by atoms with Crippen LogP contribution in [0, 0.1) is 5.51 Å². The third kappa shape index (κ3) is 0.490. The van der Waals surface area contributed by atoms with Gasteiger partial charge in [-0.05, 0) is 0 Å². The summed E-state index contributed by atoms with van der Waals surface area (Å²) in [5.41, 5.74) is 2.47. The third-order valence-corrected chi connectivity index (χ3v) is 0.889. The first kappa shape index (κ1) is 3.61. The predicted octanol–water partition coefficient (Wildman–Crippen LogP) is 0.649. The molecule has 31 valence electrons. The van der Waals surface area contributed by atoms with Gasteiger partial charge in [-0.25, -0.2) is 4.98 Å². The largest absolute Gasteiger partial charge is 0.498 e. The molecule has 0 bridgehead atoms. The van der Waals surface area contributed by atoms with Gasteiger partial charge in [-0.2, -0.15) is 0 Å². The number of aromatic nitrogens is 1. The van der Waals surface area contributed by atoms with E-state index in [2.05, 4.69) is 10.5 Å². The molecule has 1 aromatic heterocycles. The fraction of sp³-hybridized carbons (Fsp3) is 0. The van der Waals surface area contributed by atoms with Crippen molar-refractivity contribution in [2.75, 3.05) is 0 Å². The van der Waals surface area contributed by atoms with Crippen molar-refractivity contribution in [3.05, 3.63) is 11.7 Å². The summed E-state index contributed by atoms with van der Waals surface area (Å²) in [4.78, 5) is 3.47. The van der Waals surface area contributed by atoms with Crippen LogP contribution in [0.2, 0.25) is 0 Å². The van der Waals surface area contributed by atoms with Crippen molar-refractivity contribution < 1.29 is 5.11 Å². The van der Waals surface area contributed by atoms with Crippen LogP contribution in [0.25, 0.3) is 0 Å². The minimum atomic E-state index is 0.218. The van der Waals surface area contributed by atoms with Gasteiger partial charge < -0.3 is 5.11 Å². The average Bonchev–Trinajstić information content (AvgIpc) is 1.86. The molecule has 0 atom stereocenters. The zero-order valence-corrected chi connectivity index (χ0v) is 3.70. The first-order valence-corrected chi connectivity index (χ1v) is 2.22. The monoisotopic (exact) mass is 100.0 g/mol. The number of hydrogen-bond acceptors (Lipinski definition) is 3. The zero-order chi connectivity index (χ0) is 4.41. The summed E-state index contributed by atoms with van der Waals surface area (Å²) in [7, 11) is 0. The fourth-order valence-corrected chi connectivity index (χ4v) is 0.485. The van der Waals surface area contributed by atoms with E-state index < -0.39 is 0 Å². The summed E-state index contributed by atoms with van der Waals surface area (Å²) in [5.74, 6) is 0. The summed E-state index contributed by atoms with van der Waals surface area (Å²) in [5, 5.41) is 8.61. The number of rotatable bonds is 0. The molecule has 0 unspecified atom stereocenters. The van der Waals surface area contributed by atoms with E-state index in [-0.39, 0.29) is 5.06 Å². The average molecular weight is 100 g/mol. The molecular weight excluding hydrogens is 98.1 g/mol. The van der Waals surface area contributed by atoms with Gasteiger partial charge in [0, 0.05) is 0 Å². The van der Waals surface area contributed by atoms with Crippen molar-refractivity contribution in [1.29, 1.82) is 0 Å². The van der Waals surface area contributed by atoms with Gasteiger partial charge >= 0.3 is 0 Å². The summed E-state index contributed by atoms with van der Waals surface area (Å²) in [6.45, 7) is 0. The molecule has 3 heteroatoms. The van der Waals surface area contributed by atoms with Crippen molar-refractivity contribution in [2.24, 2.45) is 0 Å². The van der Waals surface area contributed by atoms with Crippen molar-refractivity contribution in [3.63, 3.8) is 0 Å². The van der Waals surface area contributed by atoms with Crippen molar-refractivity contribution >= 4 is 11.3 Å². The fourth-order valence-electron chi connectivity index (χ4n) is 0.181. The highest BCUT2D eigenvalue weighted by atomic mass is 32.1. The van der Waals surface area contributed by atoms with Crippen LogP contribution in [0.3, 0.4) is 0 Å². The molecule has 1 heterocycles. The van der Waals surface area contributed by atoms with Crippen LogP contribution in [0.15, 0.2) is 6.20 Å². The molecular formula is C3H2NOS. The summed E-state index contributed by atoms with van der Waals surface area (Å²) < 4.78 is 0. The number of aromatic hydroxyl groups is 1. The maximum absolute atomic E-state index is 8.40. The Balaban J connectivity index is 3.05. The normalized spacial score (nSPS) is 8.67. The molecule has 0 spiro atoms. The van der Waals surface area contributed by atoms with Crippen LogP contribution < -0.4 is 0 Å². The Hall–Kier alpha value is -0.570. The molecule has 0 aliphatic heterocycles. The third-order valence-electron chi connectivity index (χ3n) is 0.378. The summed E-state index contributed by atoms with van der Waals surface area (Å²) in [6, 6.07) is 0. The maximum Gasteiger partial charge on any atom is 0.192 e. The van der Waals surface area contributed by atoms with E-state index in [1.165, 1.54) is 6.20 Å². The van der Waals surface area contributed by atoms with Crippen LogP contribution >= 0.6 is 11.3 Å². The van der Waals surface area contributed by atoms with Crippen LogP contribution in [0.1, 0.15) is 0 Å². The highest BCUT2D eigenvalue weighted by molar-refractivity contribution is 7.10. The Bertz CT molecular complexity index is 114. The molecule has 0 fully saturated rings. The topological polar surface area (TPSA) is 33.1 Å². The van der Waals surface area contributed by atoms with Gasteiger partial charge in [0.25, 0.3) is 0 Å². The van der Waals surface area contributed by atoms with E-state index in [9.17, 15) is 0 Å². The molecule has 0 saturated heterocycles. The van der Waals surface area contributed by atoms with E-state index in [1.807, 2.05) is 0 Å². The van der Waals surface area contributed by atoms with Crippen LogP contribution in [-0.4, -0.2) is 10.1 Å². The molecule has 6 heavy (non-hydrogen) atoms. The van der Waals surface area contributed by atoms with Gasteiger partial charge in [-0.1, -0.05) is 11.3 Å². The van der Waals surface area contributed by atoms with Gasteiger partial charge in [0.2, 0.25) is 0 Å². The lowest BCUT2D eigenvalue weighted by molar-refractivity contribution is 0.489. The Kier molecular flexibility index (Phi) is 0.759. The molecule has 0 aliphatic carbocycles. The van der Waals surface area contributed by atoms with E-state index in [4.69, 9.17) is 5.11 Å². The van der Waals surface area contributed by atoms with E-state index >= 15 is 0 Å². The Morgan fingerprint density at radius 1 is 2.00 bits per heavy atom. The van der Waals surface area contributed by atoms with Gasteiger partial charge in [0.1, 0.15) is 0 Å². The first-order chi connectivity index (χ1) is 2.89. The van der Waals surface area contributed by atoms with Gasteiger partial charge in [-0.3, -0.25) is 0 Å². The quantitative estimate of drug-likeness (QED) is 0.519. The second-order valence-corrected chi connectivity index (χ2v) is 1.59. The van der Waals surface area contributed by atoms with Crippen molar-refractivity contribution in [3.8, 4) is 5.06 Å². The van der Waals surface area contributed by atoms with E-state index in [1.54, 1.807) is 0 Å². The second-order valence-electron chi connectivity index (χ2n) is 0.790. The van der Waals surface area contributed by atoms with E-state index in [0.717, 1.165) is 11.3 Å². The molecule has 1 N–H and O–H groups in total. The Morgan fingerprint density at radius 2 is 2.83 bits per heavy atom. The van der Waals surface area contributed by atoms with Crippen LogP contribution in [0.4, 0.5) is 0 Å². The molecule has 1 rings (SSSR count). The second kappa shape index (κ2) is 1.26. The lowest BCUT2D eigenvalue weighted by Gasteiger charge is -1.65. The highest BCUT2D eigenvalue weighted by Crippen LogP contribution is 2.10. The Morgan fingerprint density at radius 3 is 3.00 bits per heavy atom. The lowest BCUT2D eigenvalue weighted by atomic mass is 10.9. The standard InChI is InChI=1S/C3H2NOS/c5-3-1-4-2-6-3/h1,5H. The smallest absolute Gasteiger partial charge is 0.192 e. The first-order valence-electron chi connectivity index (χ1n) is 1.40. The zero-order valence-electron chi connectivity index (χ0n) is 2.88. The molecule has 1 radical (unpaired) electrons. The lowest BCUT2D eigenvalue weighted by Crippen LogP contribution is -1.44. The number of nitrogens with zero attached hydrogens (tertiary/aromatic N) is 1. The van der Waals surface area contributed by atoms with Crippen molar-refractivity contribution in [1.82, 2.24) is 4.98 Å². The van der Waals surface area contributed by atoms with Crippen molar-refractivity contribution in [2.45, 2.75) is 0 Å². The molecule has 1 aromatic rings. The van der Waals surface area contributed by atoms with Gasteiger partial charge in [0.15, 0.2) is 10.6 Å². The molecule has 0 aromatic carbocycles.